The minimum absolute atomic E-state index is 0.406. The summed E-state index contributed by atoms with van der Waals surface area (Å²) in [6.45, 7) is 9.12. The maximum atomic E-state index is 9.81. The third-order valence-electron chi connectivity index (χ3n) is 3.14. The first-order chi connectivity index (χ1) is 7.54. The molecule has 0 bridgehead atoms. The van der Waals surface area contributed by atoms with E-state index in [2.05, 4.69) is 43.7 Å². The summed E-state index contributed by atoms with van der Waals surface area (Å²) in [4.78, 5) is 0. The minimum atomic E-state index is -0.406. The molecule has 0 fully saturated rings. The SMILES string of the molecule is CCn1cc(C(C)O)c2c(C)cc(C)cc21. The first-order valence-electron chi connectivity index (χ1n) is 5.82. The van der Waals surface area contributed by atoms with Gasteiger partial charge in [-0.15, -0.1) is 0 Å². The Kier molecular flexibility index (Phi) is 2.76. The van der Waals surface area contributed by atoms with Crippen molar-refractivity contribution in [2.45, 2.75) is 40.3 Å². The second-order valence-electron chi connectivity index (χ2n) is 4.52. The fourth-order valence-electron chi connectivity index (χ4n) is 2.43. The molecule has 0 aliphatic heterocycles. The van der Waals surface area contributed by atoms with Crippen molar-refractivity contribution in [2.75, 3.05) is 0 Å². The average molecular weight is 217 g/mol. The third-order valence-corrected chi connectivity index (χ3v) is 3.14. The summed E-state index contributed by atoms with van der Waals surface area (Å²) in [5.41, 5.74) is 4.79. The van der Waals surface area contributed by atoms with Crippen LogP contribution in [-0.2, 0) is 6.54 Å². The molecule has 1 unspecified atom stereocenters. The van der Waals surface area contributed by atoms with Gasteiger partial charge in [0.25, 0.3) is 0 Å². The van der Waals surface area contributed by atoms with Crippen molar-refractivity contribution >= 4 is 10.9 Å². The second kappa shape index (κ2) is 3.95. The van der Waals surface area contributed by atoms with E-state index < -0.39 is 6.10 Å². The van der Waals surface area contributed by atoms with E-state index in [1.165, 1.54) is 22.0 Å². The van der Waals surface area contributed by atoms with Gasteiger partial charge in [0.15, 0.2) is 0 Å². The number of nitrogens with zero attached hydrogens (tertiary/aromatic N) is 1. The highest BCUT2D eigenvalue weighted by Gasteiger charge is 2.13. The monoisotopic (exact) mass is 217 g/mol. The molecule has 0 saturated carbocycles. The van der Waals surface area contributed by atoms with E-state index in [0.717, 1.165) is 12.1 Å². The molecular formula is C14H19NO. The number of benzene rings is 1. The molecule has 1 aromatic heterocycles. The highest BCUT2D eigenvalue weighted by Crippen LogP contribution is 2.30. The second-order valence-corrected chi connectivity index (χ2v) is 4.52. The molecular weight excluding hydrogens is 198 g/mol. The van der Waals surface area contributed by atoms with Crippen LogP contribution in [0, 0.1) is 13.8 Å². The molecule has 0 amide bonds. The Bertz CT molecular complexity index is 523. The van der Waals surface area contributed by atoms with Crippen molar-refractivity contribution in [3.63, 3.8) is 0 Å². The molecule has 1 atom stereocenters. The van der Waals surface area contributed by atoms with Gasteiger partial charge in [-0.1, -0.05) is 6.07 Å². The van der Waals surface area contributed by atoms with Crippen molar-refractivity contribution in [1.82, 2.24) is 4.57 Å². The van der Waals surface area contributed by atoms with Crippen molar-refractivity contribution in [1.29, 1.82) is 0 Å². The Morgan fingerprint density at radius 3 is 2.56 bits per heavy atom. The first-order valence-corrected chi connectivity index (χ1v) is 5.82. The maximum Gasteiger partial charge on any atom is 0.0782 e. The van der Waals surface area contributed by atoms with Gasteiger partial charge in [-0.25, -0.2) is 0 Å². The number of hydrogen-bond acceptors (Lipinski definition) is 1. The summed E-state index contributed by atoms with van der Waals surface area (Å²) in [5, 5.41) is 11.0. The fourth-order valence-corrected chi connectivity index (χ4v) is 2.43. The van der Waals surface area contributed by atoms with Gasteiger partial charge >= 0.3 is 0 Å². The van der Waals surface area contributed by atoms with Gasteiger partial charge in [0.1, 0.15) is 0 Å². The summed E-state index contributed by atoms with van der Waals surface area (Å²) in [7, 11) is 0. The van der Waals surface area contributed by atoms with Gasteiger partial charge in [0.2, 0.25) is 0 Å². The van der Waals surface area contributed by atoms with E-state index in [1.807, 2.05) is 6.92 Å². The molecule has 1 N–H and O–H groups in total. The van der Waals surface area contributed by atoms with Crippen LogP contribution in [0.5, 0.6) is 0 Å². The topological polar surface area (TPSA) is 25.2 Å². The summed E-state index contributed by atoms with van der Waals surface area (Å²) in [6.07, 6.45) is 1.67. The van der Waals surface area contributed by atoms with E-state index in [1.54, 1.807) is 0 Å². The normalized spacial score (nSPS) is 13.3. The van der Waals surface area contributed by atoms with E-state index in [-0.39, 0.29) is 0 Å². The number of aromatic nitrogens is 1. The number of aryl methyl sites for hydroxylation is 3. The number of fused-ring (bicyclic) bond motifs is 1. The predicted octanol–water partition coefficient (Wildman–Crippen LogP) is 3.33. The van der Waals surface area contributed by atoms with Gasteiger partial charge in [0.05, 0.1) is 6.10 Å². The fraction of sp³-hybridized carbons (Fsp3) is 0.429. The smallest absolute Gasteiger partial charge is 0.0782 e. The van der Waals surface area contributed by atoms with E-state index in [0.29, 0.717) is 0 Å². The van der Waals surface area contributed by atoms with E-state index in [9.17, 15) is 5.11 Å². The van der Waals surface area contributed by atoms with Crippen molar-refractivity contribution in [2.24, 2.45) is 0 Å². The zero-order valence-electron chi connectivity index (χ0n) is 10.4. The van der Waals surface area contributed by atoms with Gasteiger partial charge in [0, 0.05) is 29.2 Å². The number of hydrogen-bond donors (Lipinski definition) is 1. The van der Waals surface area contributed by atoms with Gasteiger partial charge in [-0.3, -0.25) is 0 Å². The van der Waals surface area contributed by atoms with Crippen molar-refractivity contribution in [3.8, 4) is 0 Å². The lowest BCUT2D eigenvalue weighted by Crippen LogP contribution is -1.91. The Morgan fingerprint density at radius 1 is 1.31 bits per heavy atom. The molecule has 86 valence electrons. The Morgan fingerprint density at radius 2 is 2.00 bits per heavy atom. The molecule has 16 heavy (non-hydrogen) atoms. The van der Waals surface area contributed by atoms with Crippen molar-refractivity contribution < 1.29 is 5.11 Å². The van der Waals surface area contributed by atoms with Crippen LogP contribution in [0.4, 0.5) is 0 Å². The molecule has 2 rings (SSSR count). The minimum Gasteiger partial charge on any atom is -0.389 e. The maximum absolute atomic E-state index is 9.81. The molecule has 1 aromatic carbocycles. The Balaban J connectivity index is 2.85. The molecule has 0 saturated heterocycles. The van der Waals surface area contributed by atoms with Crippen LogP contribution in [-0.4, -0.2) is 9.67 Å². The van der Waals surface area contributed by atoms with Crippen LogP contribution in [0.15, 0.2) is 18.3 Å². The molecule has 0 aliphatic carbocycles. The lowest BCUT2D eigenvalue weighted by atomic mass is 10.0. The summed E-state index contributed by atoms with van der Waals surface area (Å²) < 4.78 is 2.21. The van der Waals surface area contributed by atoms with Crippen LogP contribution in [0.1, 0.15) is 36.6 Å². The molecule has 0 radical (unpaired) electrons. The Hall–Kier alpha value is -1.28. The molecule has 2 nitrogen and oxygen atoms in total. The number of aliphatic hydroxyl groups excluding tert-OH is 1. The lowest BCUT2D eigenvalue weighted by molar-refractivity contribution is 0.200. The van der Waals surface area contributed by atoms with E-state index >= 15 is 0 Å². The number of rotatable bonds is 2. The lowest BCUT2D eigenvalue weighted by Gasteiger charge is -2.06. The van der Waals surface area contributed by atoms with Crippen molar-refractivity contribution in [3.05, 3.63) is 35.0 Å². The highest BCUT2D eigenvalue weighted by molar-refractivity contribution is 5.88. The average Bonchev–Trinajstić information content (AvgIpc) is 2.56. The zero-order chi connectivity index (χ0) is 11.9. The van der Waals surface area contributed by atoms with Crippen LogP contribution < -0.4 is 0 Å². The zero-order valence-corrected chi connectivity index (χ0v) is 10.4. The molecule has 1 heterocycles. The first kappa shape index (κ1) is 11.2. The van der Waals surface area contributed by atoms with Gasteiger partial charge < -0.3 is 9.67 Å². The predicted molar refractivity (Wildman–Crippen MR) is 67.7 cm³/mol. The standard InChI is InChI=1S/C14H19NO/c1-5-15-8-12(11(4)16)14-10(3)6-9(2)7-13(14)15/h6-8,11,16H,5H2,1-4H3. The molecule has 0 spiro atoms. The quantitative estimate of drug-likeness (QED) is 0.820. The van der Waals surface area contributed by atoms with Gasteiger partial charge in [-0.2, -0.15) is 0 Å². The van der Waals surface area contributed by atoms with Crippen LogP contribution in [0.25, 0.3) is 10.9 Å². The van der Waals surface area contributed by atoms with Gasteiger partial charge in [-0.05, 0) is 44.9 Å². The van der Waals surface area contributed by atoms with Crippen LogP contribution >= 0.6 is 0 Å². The summed E-state index contributed by atoms with van der Waals surface area (Å²) in [5.74, 6) is 0. The highest BCUT2D eigenvalue weighted by atomic mass is 16.3. The summed E-state index contributed by atoms with van der Waals surface area (Å²) >= 11 is 0. The largest absolute Gasteiger partial charge is 0.389 e. The Labute approximate surface area is 96.5 Å². The summed E-state index contributed by atoms with van der Waals surface area (Å²) in [6, 6.07) is 4.37. The molecule has 2 aromatic rings. The third kappa shape index (κ3) is 1.63. The number of aliphatic hydroxyl groups is 1. The molecule has 2 heteroatoms. The molecule has 0 aliphatic rings. The van der Waals surface area contributed by atoms with Crippen LogP contribution in [0.3, 0.4) is 0 Å². The van der Waals surface area contributed by atoms with Crippen LogP contribution in [0.2, 0.25) is 0 Å². The van der Waals surface area contributed by atoms with E-state index in [4.69, 9.17) is 0 Å².